The summed E-state index contributed by atoms with van der Waals surface area (Å²) < 4.78 is 10.2. The lowest BCUT2D eigenvalue weighted by atomic mass is 10.2. The van der Waals surface area contributed by atoms with E-state index in [0.29, 0.717) is 17.2 Å². The maximum atomic E-state index is 11.2. The number of ether oxygens (including phenoxy) is 2. The van der Waals surface area contributed by atoms with Crippen molar-refractivity contribution in [2.45, 2.75) is 6.92 Å². The molecule has 0 saturated carbocycles. The average Bonchev–Trinajstić information content (AvgIpc) is 2.29. The molecule has 0 spiro atoms. The summed E-state index contributed by atoms with van der Waals surface area (Å²) in [7, 11) is 3.09. The van der Waals surface area contributed by atoms with Gasteiger partial charge < -0.3 is 14.8 Å². The molecule has 0 aliphatic carbocycles. The van der Waals surface area contributed by atoms with Crippen LogP contribution in [0.3, 0.4) is 0 Å². The summed E-state index contributed by atoms with van der Waals surface area (Å²) in [6, 6.07) is 5.11. The van der Waals surface area contributed by atoms with E-state index in [1.165, 1.54) is 7.11 Å². The zero-order valence-corrected chi connectivity index (χ0v) is 9.46. The molecular weight excluding hydrogens is 206 g/mol. The molecule has 84 valence electrons. The smallest absolute Gasteiger partial charge is 0.300 e. The first kappa shape index (κ1) is 11.9. The Morgan fingerprint density at radius 3 is 2.50 bits per heavy atom. The highest BCUT2D eigenvalue weighted by atomic mass is 16.5. The molecule has 0 aromatic heterocycles. The Kier molecular flexibility index (Phi) is 4.22. The molecule has 16 heavy (non-hydrogen) atoms. The number of carbonyl (C=O) groups excluding carboxylic acids is 1. The lowest BCUT2D eigenvalue weighted by molar-refractivity contribution is -0.111. The standard InChI is InChI=1S/C12H13NO3/c1-4-5-12(14)13-9-6-7-10(15-2)11(8-9)16-3/h6-8H,1-3H3,(H,13,14). The Morgan fingerprint density at radius 2 is 1.94 bits per heavy atom. The van der Waals surface area contributed by atoms with Gasteiger partial charge in [0.25, 0.3) is 5.91 Å². The summed E-state index contributed by atoms with van der Waals surface area (Å²) in [5, 5.41) is 2.62. The Bertz CT molecular complexity index is 443. The normalized spacial score (nSPS) is 8.69. The molecular formula is C12H13NO3. The first-order valence-corrected chi connectivity index (χ1v) is 4.67. The number of amides is 1. The van der Waals surface area contributed by atoms with E-state index in [2.05, 4.69) is 17.2 Å². The minimum absolute atomic E-state index is 0.352. The van der Waals surface area contributed by atoms with Gasteiger partial charge >= 0.3 is 0 Å². The monoisotopic (exact) mass is 219 g/mol. The van der Waals surface area contributed by atoms with Gasteiger partial charge in [0.15, 0.2) is 11.5 Å². The number of methoxy groups -OCH3 is 2. The SMILES string of the molecule is CC#CC(=O)Nc1ccc(OC)c(OC)c1. The number of rotatable bonds is 3. The van der Waals surface area contributed by atoms with Crippen molar-refractivity contribution in [2.24, 2.45) is 0 Å². The average molecular weight is 219 g/mol. The number of hydrogen-bond acceptors (Lipinski definition) is 3. The minimum Gasteiger partial charge on any atom is -0.493 e. The van der Waals surface area contributed by atoms with Gasteiger partial charge in [0.2, 0.25) is 0 Å². The molecule has 0 aliphatic rings. The second-order valence-corrected chi connectivity index (χ2v) is 2.90. The van der Waals surface area contributed by atoms with Crippen molar-refractivity contribution < 1.29 is 14.3 Å². The Balaban J connectivity index is 2.89. The quantitative estimate of drug-likeness (QED) is 0.786. The van der Waals surface area contributed by atoms with Crippen LogP contribution >= 0.6 is 0 Å². The summed E-state index contributed by atoms with van der Waals surface area (Å²) in [5.74, 6) is 5.73. The molecule has 0 unspecified atom stereocenters. The van der Waals surface area contributed by atoms with Crippen LogP contribution in [0.25, 0.3) is 0 Å². The van der Waals surface area contributed by atoms with Crippen LogP contribution in [0.1, 0.15) is 6.92 Å². The van der Waals surface area contributed by atoms with Crippen LogP contribution in [0, 0.1) is 11.8 Å². The van der Waals surface area contributed by atoms with Crippen molar-refractivity contribution in [3.63, 3.8) is 0 Å². The third-order valence-corrected chi connectivity index (χ3v) is 1.88. The number of nitrogens with one attached hydrogen (secondary N) is 1. The van der Waals surface area contributed by atoms with Crippen LogP contribution < -0.4 is 14.8 Å². The predicted octanol–water partition coefficient (Wildman–Crippen LogP) is 1.67. The third kappa shape index (κ3) is 2.92. The Morgan fingerprint density at radius 1 is 1.25 bits per heavy atom. The molecule has 0 atom stereocenters. The first-order chi connectivity index (χ1) is 7.71. The van der Waals surface area contributed by atoms with E-state index in [-0.39, 0.29) is 5.91 Å². The highest BCUT2D eigenvalue weighted by molar-refractivity contribution is 6.04. The van der Waals surface area contributed by atoms with E-state index >= 15 is 0 Å². The van der Waals surface area contributed by atoms with Gasteiger partial charge in [-0.15, -0.1) is 0 Å². The van der Waals surface area contributed by atoms with Crippen LogP contribution in [0.5, 0.6) is 11.5 Å². The summed E-state index contributed by atoms with van der Waals surface area (Å²) >= 11 is 0. The highest BCUT2D eigenvalue weighted by Gasteiger charge is 2.05. The first-order valence-electron chi connectivity index (χ1n) is 4.67. The van der Waals surface area contributed by atoms with E-state index < -0.39 is 0 Å². The van der Waals surface area contributed by atoms with Crippen LogP contribution in [-0.2, 0) is 4.79 Å². The van der Waals surface area contributed by atoms with E-state index in [0.717, 1.165) is 0 Å². The van der Waals surface area contributed by atoms with Crippen molar-refractivity contribution in [3.05, 3.63) is 18.2 Å². The largest absolute Gasteiger partial charge is 0.493 e. The van der Waals surface area contributed by atoms with Crippen molar-refractivity contribution in [1.82, 2.24) is 0 Å². The van der Waals surface area contributed by atoms with Crippen molar-refractivity contribution in [2.75, 3.05) is 19.5 Å². The number of hydrogen-bond donors (Lipinski definition) is 1. The van der Waals surface area contributed by atoms with Crippen LogP contribution in [0.2, 0.25) is 0 Å². The predicted molar refractivity (Wildman–Crippen MR) is 61.6 cm³/mol. The molecule has 1 rings (SSSR count). The Hall–Kier alpha value is -2.15. The number of carbonyl (C=O) groups is 1. The molecule has 1 aromatic rings. The molecule has 0 heterocycles. The van der Waals surface area contributed by atoms with Crippen LogP contribution in [0.4, 0.5) is 5.69 Å². The Labute approximate surface area is 94.6 Å². The topological polar surface area (TPSA) is 47.6 Å². The van der Waals surface area contributed by atoms with Crippen LogP contribution in [0.15, 0.2) is 18.2 Å². The molecule has 4 heteroatoms. The molecule has 1 N–H and O–H groups in total. The molecule has 4 nitrogen and oxygen atoms in total. The van der Waals surface area contributed by atoms with Crippen molar-refractivity contribution >= 4 is 11.6 Å². The molecule has 0 bridgehead atoms. The molecule has 0 aliphatic heterocycles. The molecule has 0 radical (unpaired) electrons. The van der Waals surface area contributed by atoms with Gasteiger partial charge in [-0.05, 0) is 25.0 Å². The highest BCUT2D eigenvalue weighted by Crippen LogP contribution is 2.29. The van der Waals surface area contributed by atoms with E-state index in [1.54, 1.807) is 32.2 Å². The minimum atomic E-state index is -0.352. The van der Waals surface area contributed by atoms with Gasteiger partial charge in [-0.25, -0.2) is 0 Å². The zero-order valence-electron chi connectivity index (χ0n) is 9.46. The van der Waals surface area contributed by atoms with Gasteiger partial charge in [-0.1, -0.05) is 5.92 Å². The summed E-state index contributed by atoms with van der Waals surface area (Å²) in [5.41, 5.74) is 0.616. The molecule has 0 fully saturated rings. The van der Waals surface area contributed by atoms with E-state index in [1.807, 2.05) is 0 Å². The third-order valence-electron chi connectivity index (χ3n) is 1.88. The van der Waals surface area contributed by atoms with Gasteiger partial charge in [0.1, 0.15) is 0 Å². The molecule has 0 saturated heterocycles. The number of anilines is 1. The lowest BCUT2D eigenvalue weighted by Crippen LogP contribution is -2.08. The fourth-order valence-corrected chi connectivity index (χ4v) is 1.19. The van der Waals surface area contributed by atoms with Gasteiger partial charge in [0, 0.05) is 11.8 Å². The van der Waals surface area contributed by atoms with E-state index in [4.69, 9.17) is 9.47 Å². The zero-order chi connectivity index (χ0) is 12.0. The summed E-state index contributed by atoms with van der Waals surface area (Å²) in [6.07, 6.45) is 0. The second-order valence-electron chi connectivity index (χ2n) is 2.90. The van der Waals surface area contributed by atoms with Gasteiger partial charge in [-0.2, -0.15) is 0 Å². The fraction of sp³-hybridized carbons (Fsp3) is 0.250. The summed E-state index contributed by atoms with van der Waals surface area (Å²) in [4.78, 5) is 11.2. The molecule has 1 aromatic carbocycles. The van der Waals surface area contributed by atoms with E-state index in [9.17, 15) is 4.79 Å². The van der Waals surface area contributed by atoms with Crippen molar-refractivity contribution in [3.8, 4) is 23.3 Å². The summed E-state index contributed by atoms with van der Waals surface area (Å²) in [6.45, 7) is 1.61. The molecule has 1 amide bonds. The fourth-order valence-electron chi connectivity index (χ4n) is 1.19. The van der Waals surface area contributed by atoms with Gasteiger partial charge in [0.05, 0.1) is 14.2 Å². The number of benzene rings is 1. The maximum Gasteiger partial charge on any atom is 0.300 e. The van der Waals surface area contributed by atoms with Crippen LogP contribution in [-0.4, -0.2) is 20.1 Å². The van der Waals surface area contributed by atoms with Gasteiger partial charge in [-0.3, -0.25) is 4.79 Å². The second kappa shape index (κ2) is 5.66. The lowest BCUT2D eigenvalue weighted by Gasteiger charge is -2.09. The van der Waals surface area contributed by atoms with Crippen molar-refractivity contribution in [1.29, 1.82) is 0 Å². The maximum absolute atomic E-state index is 11.2.